The zero-order chi connectivity index (χ0) is 18.7. The number of benzene rings is 2. The molecule has 0 spiro atoms. The molecule has 0 bridgehead atoms. The quantitative estimate of drug-likeness (QED) is 0.656. The molecule has 1 amide bonds. The second-order valence-electron chi connectivity index (χ2n) is 6.29. The lowest BCUT2D eigenvalue weighted by atomic mass is 10.00. The maximum atomic E-state index is 13.7. The minimum atomic E-state index is -1.15. The lowest BCUT2D eigenvalue weighted by molar-refractivity contribution is -0.120. The van der Waals surface area contributed by atoms with Gasteiger partial charge in [0.15, 0.2) is 0 Å². The lowest BCUT2D eigenvalue weighted by Crippen LogP contribution is -2.51. The average Bonchev–Trinajstić information content (AvgIpc) is 2.90. The molecule has 3 rings (SSSR count). The molecule has 1 heterocycles. The summed E-state index contributed by atoms with van der Waals surface area (Å²) in [5.41, 5.74) is 5.12. The van der Waals surface area contributed by atoms with E-state index in [-0.39, 0.29) is 5.91 Å². The van der Waals surface area contributed by atoms with Gasteiger partial charge in [-0.1, -0.05) is 36.3 Å². The van der Waals surface area contributed by atoms with E-state index in [2.05, 4.69) is 22.6 Å². The number of rotatable bonds is 3. The van der Waals surface area contributed by atoms with Gasteiger partial charge in [0, 0.05) is 29.9 Å². The van der Waals surface area contributed by atoms with Crippen molar-refractivity contribution in [1.29, 1.82) is 0 Å². The third kappa shape index (κ3) is 3.46. The Morgan fingerprint density at radius 3 is 2.50 bits per heavy atom. The van der Waals surface area contributed by atoms with E-state index in [0.717, 1.165) is 16.7 Å². The van der Waals surface area contributed by atoms with Gasteiger partial charge in [0.25, 0.3) is 0 Å². The first-order chi connectivity index (χ1) is 12.4. The second-order valence-corrected chi connectivity index (χ2v) is 6.29. The molecule has 1 atom stereocenters. The monoisotopic (exact) mass is 349 g/mol. The summed E-state index contributed by atoms with van der Waals surface area (Å²) in [5, 5.41) is 4.10. The fourth-order valence-electron chi connectivity index (χ4n) is 2.86. The fraction of sp³-hybridized carbons (Fsp3) is 0.190. The highest BCUT2D eigenvalue weighted by Gasteiger charge is 2.38. The molecule has 132 valence electrons. The summed E-state index contributed by atoms with van der Waals surface area (Å²) in [6.07, 6.45) is 1.27. The maximum absolute atomic E-state index is 13.7. The first kappa shape index (κ1) is 17.7. The van der Waals surface area contributed by atoms with Crippen molar-refractivity contribution >= 4 is 11.6 Å². The molecular formula is C21H20FN3O. The summed E-state index contributed by atoms with van der Waals surface area (Å²) in [5.74, 6) is 5.06. The van der Waals surface area contributed by atoms with Gasteiger partial charge in [-0.15, -0.1) is 5.92 Å². The van der Waals surface area contributed by atoms with Crippen molar-refractivity contribution in [1.82, 2.24) is 10.4 Å². The smallest absolute Gasteiger partial charge is 0.250 e. The van der Waals surface area contributed by atoms with Crippen molar-refractivity contribution < 1.29 is 9.18 Å². The molecule has 2 N–H and O–H groups in total. The van der Waals surface area contributed by atoms with E-state index in [1.165, 1.54) is 18.1 Å². The zero-order valence-electron chi connectivity index (χ0n) is 14.9. The van der Waals surface area contributed by atoms with Crippen LogP contribution < -0.4 is 10.7 Å². The Morgan fingerprint density at radius 2 is 1.88 bits per heavy atom. The molecule has 0 saturated heterocycles. The standard InChI is InChI=1S/C21H20FN3O/c1-4-7-15-10-12-16(13-11-15)17-8-5-6-9-18(17)23-20(26)21(2)14-19(22)25(3)24-21/h5-6,8-14,24H,1-3H3,(H,23,26). The third-order valence-corrected chi connectivity index (χ3v) is 4.24. The molecule has 0 radical (unpaired) electrons. The number of hydrogen-bond donors (Lipinski definition) is 2. The molecule has 0 aromatic heterocycles. The van der Waals surface area contributed by atoms with E-state index in [1.54, 1.807) is 13.8 Å². The average molecular weight is 349 g/mol. The van der Waals surface area contributed by atoms with Crippen LogP contribution in [0.3, 0.4) is 0 Å². The first-order valence-corrected chi connectivity index (χ1v) is 8.26. The van der Waals surface area contributed by atoms with Gasteiger partial charge in [0.1, 0.15) is 5.54 Å². The van der Waals surface area contributed by atoms with Gasteiger partial charge in [-0.3, -0.25) is 9.80 Å². The van der Waals surface area contributed by atoms with Crippen molar-refractivity contribution in [3.8, 4) is 23.0 Å². The molecule has 0 fully saturated rings. The molecule has 1 aliphatic rings. The Bertz CT molecular complexity index is 924. The Kier molecular flexibility index (Phi) is 4.79. The van der Waals surface area contributed by atoms with Crippen LogP contribution in [0.4, 0.5) is 10.1 Å². The predicted molar refractivity (Wildman–Crippen MR) is 102 cm³/mol. The summed E-state index contributed by atoms with van der Waals surface area (Å²) in [7, 11) is 1.53. The zero-order valence-corrected chi connectivity index (χ0v) is 14.9. The molecule has 0 saturated carbocycles. The first-order valence-electron chi connectivity index (χ1n) is 8.26. The molecule has 2 aromatic carbocycles. The number of hydrazine groups is 1. The van der Waals surface area contributed by atoms with Crippen LogP contribution in [-0.4, -0.2) is 23.5 Å². The van der Waals surface area contributed by atoms with Crippen LogP contribution in [0.1, 0.15) is 19.4 Å². The summed E-state index contributed by atoms with van der Waals surface area (Å²) in [6.45, 7) is 3.43. The Balaban J connectivity index is 1.88. The topological polar surface area (TPSA) is 44.4 Å². The largest absolute Gasteiger partial charge is 0.324 e. The van der Waals surface area contributed by atoms with Gasteiger partial charge in [-0.25, -0.2) is 5.43 Å². The van der Waals surface area contributed by atoms with Gasteiger partial charge in [-0.05, 0) is 37.6 Å². The number of anilines is 1. The van der Waals surface area contributed by atoms with E-state index >= 15 is 0 Å². The molecule has 5 heteroatoms. The van der Waals surface area contributed by atoms with Crippen molar-refractivity contribution in [2.24, 2.45) is 0 Å². The van der Waals surface area contributed by atoms with E-state index in [9.17, 15) is 9.18 Å². The van der Waals surface area contributed by atoms with Crippen LogP contribution in [0, 0.1) is 11.8 Å². The molecular weight excluding hydrogens is 329 g/mol. The lowest BCUT2D eigenvalue weighted by Gasteiger charge is -2.24. The molecule has 1 unspecified atom stereocenters. The van der Waals surface area contributed by atoms with Crippen molar-refractivity contribution in [2.45, 2.75) is 19.4 Å². The maximum Gasteiger partial charge on any atom is 0.250 e. The molecule has 26 heavy (non-hydrogen) atoms. The highest BCUT2D eigenvalue weighted by atomic mass is 19.1. The molecule has 0 aliphatic carbocycles. The number of nitrogens with one attached hydrogen (secondary N) is 2. The summed E-state index contributed by atoms with van der Waals surface area (Å²) >= 11 is 0. The van der Waals surface area contributed by atoms with Gasteiger partial charge >= 0.3 is 0 Å². The number of carbonyl (C=O) groups excluding carboxylic acids is 1. The summed E-state index contributed by atoms with van der Waals surface area (Å²) < 4.78 is 13.7. The van der Waals surface area contributed by atoms with E-state index in [1.807, 2.05) is 48.5 Å². The van der Waals surface area contributed by atoms with Gasteiger partial charge in [0.2, 0.25) is 11.9 Å². The SMILES string of the molecule is CC#Cc1ccc(-c2ccccc2NC(=O)C2(C)C=C(F)N(C)N2)cc1. The third-order valence-electron chi connectivity index (χ3n) is 4.24. The number of carbonyl (C=O) groups is 1. The molecule has 2 aromatic rings. The van der Waals surface area contributed by atoms with Crippen molar-refractivity contribution in [2.75, 3.05) is 12.4 Å². The van der Waals surface area contributed by atoms with Gasteiger partial charge in [-0.2, -0.15) is 4.39 Å². The van der Waals surface area contributed by atoms with Crippen LogP contribution in [0.5, 0.6) is 0 Å². The number of para-hydroxylation sites is 1. The second kappa shape index (κ2) is 7.03. The van der Waals surface area contributed by atoms with Crippen LogP contribution in [0.25, 0.3) is 11.1 Å². The van der Waals surface area contributed by atoms with Crippen LogP contribution in [0.15, 0.2) is 60.6 Å². The predicted octanol–water partition coefficient (Wildman–Crippen LogP) is 3.68. The van der Waals surface area contributed by atoms with Crippen LogP contribution >= 0.6 is 0 Å². The van der Waals surface area contributed by atoms with Crippen molar-refractivity contribution in [3.05, 3.63) is 66.1 Å². The summed E-state index contributed by atoms with van der Waals surface area (Å²) in [6, 6.07) is 15.3. The van der Waals surface area contributed by atoms with E-state index < -0.39 is 11.5 Å². The highest BCUT2D eigenvalue weighted by Crippen LogP contribution is 2.30. The molecule has 4 nitrogen and oxygen atoms in total. The normalized spacial score (nSPS) is 18.8. The van der Waals surface area contributed by atoms with Crippen molar-refractivity contribution in [3.63, 3.8) is 0 Å². The van der Waals surface area contributed by atoms with E-state index in [0.29, 0.717) is 5.69 Å². The minimum Gasteiger partial charge on any atom is -0.324 e. The Labute approximate surface area is 152 Å². The van der Waals surface area contributed by atoms with Gasteiger partial charge in [0.05, 0.1) is 0 Å². The van der Waals surface area contributed by atoms with E-state index in [4.69, 9.17) is 0 Å². The minimum absolute atomic E-state index is 0.335. The Morgan fingerprint density at radius 1 is 1.19 bits per heavy atom. The number of hydrogen-bond acceptors (Lipinski definition) is 3. The number of nitrogens with zero attached hydrogens (tertiary/aromatic N) is 1. The fourth-order valence-corrected chi connectivity index (χ4v) is 2.86. The van der Waals surface area contributed by atoms with Crippen LogP contribution in [-0.2, 0) is 4.79 Å². The van der Waals surface area contributed by atoms with Crippen LogP contribution in [0.2, 0.25) is 0 Å². The summed E-state index contributed by atoms with van der Waals surface area (Å²) in [4.78, 5) is 12.7. The van der Waals surface area contributed by atoms with Gasteiger partial charge < -0.3 is 5.32 Å². The highest BCUT2D eigenvalue weighted by molar-refractivity contribution is 6.02. The number of amides is 1. The molecule has 1 aliphatic heterocycles. The Hall–Kier alpha value is -3.10. The number of halogens is 1.